The van der Waals surface area contributed by atoms with Crippen LogP contribution in [0.25, 0.3) is 0 Å². The molecule has 2 rings (SSSR count). The smallest absolute Gasteiger partial charge is 0.125 e. The molecule has 2 N–H and O–H groups in total. The number of hydrogen-bond donors (Lipinski definition) is 2. The normalized spacial score (nSPS) is 28.6. The molecule has 2 nitrogen and oxygen atoms in total. The second kappa shape index (κ2) is 4.06. The molecule has 0 aliphatic heterocycles. The topological polar surface area (TPSA) is 32.3 Å². The lowest BCUT2D eigenvalue weighted by Gasteiger charge is -2.46. The van der Waals surface area contributed by atoms with Gasteiger partial charge in [0.1, 0.15) is 5.82 Å². The van der Waals surface area contributed by atoms with Crippen LogP contribution in [0.2, 0.25) is 0 Å². The molecule has 1 aliphatic rings. The van der Waals surface area contributed by atoms with Gasteiger partial charge in [0, 0.05) is 5.69 Å². The summed E-state index contributed by atoms with van der Waals surface area (Å²) >= 11 is 0. The Labute approximate surface area is 95.5 Å². The largest absolute Gasteiger partial charge is 0.394 e. The molecule has 0 amide bonds. The lowest BCUT2D eigenvalue weighted by molar-refractivity contribution is 0.0992. The Hall–Kier alpha value is -1.09. The van der Waals surface area contributed by atoms with Crippen LogP contribution in [0.15, 0.2) is 18.2 Å². The van der Waals surface area contributed by atoms with Gasteiger partial charge in [0.25, 0.3) is 0 Å². The van der Waals surface area contributed by atoms with Crippen molar-refractivity contribution >= 4 is 5.69 Å². The molecule has 0 spiro atoms. The second-order valence-corrected chi connectivity index (χ2v) is 5.09. The Balaban J connectivity index is 2.14. The molecular formula is C13H18FNO. The molecule has 0 aromatic heterocycles. The van der Waals surface area contributed by atoms with Crippen molar-refractivity contribution in [3.8, 4) is 0 Å². The van der Waals surface area contributed by atoms with E-state index in [0.29, 0.717) is 5.92 Å². The van der Waals surface area contributed by atoms with Gasteiger partial charge >= 0.3 is 0 Å². The van der Waals surface area contributed by atoms with Crippen LogP contribution in [0.4, 0.5) is 10.1 Å². The van der Waals surface area contributed by atoms with Gasteiger partial charge in [-0.15, -0.1) is 0 Å². The summed E-state index contributed by atoms with van der Waals surface area (Å²) in [4.78, 5) is 0. The van der Waals surface area contributed by atoms with Gasteiger partial charge in [0.05, 0.1) is 12.1 Å². The molecule has 0 atom stereocenters. The van der Waals surface area contributed by atoms with E-state index in [9.17, 15) is 9.50 Å². The Morgan fingerprint density at radius 1 is 1.44 bits per heavy atom. The van der Waals surface area contributed by atoms with Crippen LogP contribution in [0, 0.1) is 18.7 Å². The summed E-state index contributed by atoms with van der Waals surface area (Å²) in [5, 5.41) is 12.7. The minimum atomic E-state index is -0.236. The van der Waals surface area contributed by atoms with Crippen LogP contribution in [-0.4, -0.2) is 17.3 Å². The Bertz CT molecular complexity index is 365. The van der Waals surface area contributed by atoms with Crippen molar-refractivity contribution in [2.75, 3.05) is 11.9 Å². The molecule has 1 aliphatic carbocycles. The van der Waals surface area contributed by atoms with Crippen LogP contribution in [0.3, 0.4) is 0 Å². The molecule has 0 bridgehead atoms. The summed E-state index contributed by atoms with van der Waals surface area (Å²) in [5.74, 6) is 0.400. The molecule has 1 saturated carbocycles. The first kappa shape index (κ1) is 11.4. The maximum Gasteiger partial charge on any atom is 0.125 e. The number of halogens is 1. The quantitative estimate of drug-likeness (QED) is 0.825. The van der Waals surface area contributed by atoms with E-state index < -0.39 is 0 Å². The third-order valence-corrected chi connectivity index (χ3v) is 3.23. The summed E-state index contributed by atoms with van der Waals surface area (Å²) < 4.78 is 13.2. The fourth-order valence-corrected chi connectivity index (χ4v) is 2.66. The zero-order valence-corrected chi connectivity index (χ0v) is 9.76. The van der Waals surface area contributed by atoms with E-state index >= 15 is 0 Å². The highest BCUT2D eigenvalue weighted by Crippen LogP contribution is 2.39. The van der Waals surface area contributed by atoms with Crippen molar-refractivity contribution in [3.05, 3.63) is 29.6 Å². The van der Waals surface area contributed by atoms with Gasteiger partial charge in [-0.05, 0) is 49.4 Å². The van der Waals surface area contributed by atoms with Crippen molar-refractivity contribution in [3.63, 3.8) is 0 Å². The highest BCUT2D eigenvalue weighted by atomic mass is 19.1. The fourth-order valence-electron chi connectivity index (χ4n) is 2.66. The van der Waals surface area contributed by atoms with Gasteiger partial charge < -0.3 is 10.4 Å². The predicted molar refractivity (Wildman–Crippen MR) is 63.0 cm³/mol. The number of benzene rings is 1. The molecule has 88 valence electrons. The summed E-state index contributed by atoms with van der Waals surface area (Å²) in [6.07, 6.45) is 1.89. The second-order valence-electron chi connectivity index (χ2n) is 5.09. The van der Waals surface area contributed by atoms with Gasteiger partial charge in [-0.25, -0.2) is 4.39 Å². The average Bonchev–Trinajstić information content (AvgIpc) is 2.13. The highest BCUT2D eigenvalue weighted by molar-refractivity contribution is 5.49. The van der Waals surface area contributed by atoms with E-state index in [-0.39, 0.29) is 18.0 Å². The lowest BCUT2D eigenvalue weighted by Crippen LogP contribution is -2.52. The number of rotatable bonds is 3. The van der Waals surface area contributed by atoms with E-state index in [1.807, 2.05) is 13.0 Å². The molecule has 0 radical (unpaired) electrons. The number of nitrogens with one attached hydrogen (secondary N) is 1. The highest BCUT2D eigenvalue weighted by Gasteiger charge is 2.41. The Morgan fingerprint density at radius 2 is 2.12 bits per heavy atom. The Morgan fingerprint density at radius 3 is 2.62 bits per heavy atom. The number of aliphatic hydroxyl groups excluding tert-OH is 1. The summed E-state index contributed by atoms with van der Waals surface area (Å²) in [6, 6.07) is 4.89. The molecule has 1 fully saturated rings. The number of hydrogen-bond acceptors (Lipinski definition) is 2. The van der Waals surface area contributed by atoms with Crippen LogP contribution in [0.5, 0.6) is 0 Å². The molecule has 16 heavy (non-hydrogen) atoms. The minimum Gasteiger partial charge on any atom is -0.394 e. The summed E-state index contributed by atoms with van der Waals surface area (Å²) in [5.41, 5.74) is 1.42. The van der Waals surface area contributed by atoms with Crippen molar-refractivity contribution < 1.29 is 9.50 Å². The molecule has 0 unspecified atom stereocenters. The van der Waals surface area contributed by atoms with Gasteiger partial charge in [-0.3, -0.25) is 0 Å². The summed E-state index contributed by atoms with van der Waals surface area (Å²) in [7, 11) is 0. The minimum absolute atomic E-state index is 0.104. The van der Waals surface area contributed by atoms with E-state index in [4.69, 9.17) is 0 Å². The first-order valence-electron chi connectivity index (χ1n) is 5.69. The van der Waals surface area contributed by atoms with E-state index in [2.05, 4.69) is 12.2 Å². The maximum absolute atomic E-state index is 13.2. The van der Waals surface area contributed by atoms with E-state index in [0.717, 1.165) is 24.1 Å². The monoisotopic (exact) mass is 223 g/mol. The Kier molecular flexibility index (Phi) is 2.89. The number of aryl methyl sites for hydroxylation is 1. The first-order chi connectivity index (χ1) is 7.53. The van der Waals surface area contributed by atoms with E-state index in [1.165, 1.54) is 12.1 Å². The van der Waals surface area contributed by atoms with Crippen LogP contribution in [-0.2, 0) is 0 Å². The van der Waals surface area contributed by atoms with Gasteiger partial charge in [0.2, 0.25) is 0 Å². The molecule has 1 aromatic carbocycles. The van der Waals surface area contributed by atoms with Gasteiger partial charge in [-0.1, -0.05) is 6.92 Å². The fraction of sp³-hybridized carbons (Fsp3) is 0.538. The van der Waals surface area contributed by atoms with Crippen molar-refractivity contribution in [2.45, 2.75) is 32.2 Å². The molecule has 3 heteroatoms. The molecule has 0 heterocycles. The zero-order chi connectivity index (χ0) is 11.8. The zero-order valence-electron chi connectivity index (χ0n) is 9.76. The third-order valence-electron chi connectivity index (χ3n) is 3.23. The van der Waals surface area contributed by atoms with Crippen molar-refractivity contribution in [2.24, 2.45) is 5.92 Å². The maximum atomic E-state index is 13.2. The van der Waals surface area contributed by atoms with Crippen LogP contribution in [0.1, 0.15) is 25.3 Å². The number of anilines is 1. The average molecular weight is 223 g/mol. The molecule has 0 saturated heterocycles. The van der Waals surface area contributed by atoms with Gasteiger partial charge in [-0.2, -0.15) is 0 Å². The van der Waals surface area contributed by atoms with Crippen molar-refractivity contribution in [1.29, 1.82) is 0 Å². The standard InChI is InChI=1S/C13H18FNO/c1-9-3-11(14)5-12(4-9)15-13(8-16)6-10(2)7-13/h3-5,10,15-16H,6-8H2,1-2H3. The summed E-state index contributed by atoms with van der Waals surface area (Å²) in [6.45, 7) is 4.13. The lowest BCUT2D eigenvalue weighted by atomic mass is 9.69. The predicted octanol–water partition coefficient (Wildman–Crippen LogP) is 2.71. The van der Waals surface area contributed by atoms with Crippen LogP contribution < -0.4 is 5.32 Å². The first-order valence-corrected chi connectivity index (χ1v) is 5.69. The van der Waals surface area contributed by atoms with E-state index in [1.54, 1.807) is 0 Å². The molecule has 1 aromatic rings. The SMILES string of the molecule is Cc1cc(F)cc(NC2(CO)CC(C)C2)c1. The molecular weight excluding hydrogens is 205 g/mol. The van der Waals surface area contributed by atoms with Gasteiger partial charge in [0.15, 0.2) is 0 Å². The number of aliphatic hydroxyl groups is 1. The van der Waals surface area contributed by atoms with Crippen molar-refractivity contribution in [1.82, 2.24) is 0 Å². The van der Waals surface area contributed by atoms with Crippen LogP contribution >= 0.6 is 0 Å². The third kappa shape index (κ3) is 2.19.